The zero-order valence-corrected chi connectivity index (χ0v) is 19.5. The number of oxime groups is 1. The third kappa shape index (κ3) is 4.58. The van der Waals surface area contributed by atoms with Crippen LogP contribution in [0.1, 0.15) is 58.7 Å². The minimum Gasteiger partial charge on any atom is -0.318 e. The monoisotopic (exact) mass is 445 g/mol. The number of nitrogens with zero attached hydrogens (tertiary/aromatic N) is 3. The van der Waals surface area contributed by atoms with E-state index in [2.05, 4.69) is 68.6 Å². The molecule has 0 aliphatic heterocycles. The van der Waals surface area contributed by atoms with E-state index in [1.54, 1.807) is 0 Å². The van der Waals surface area contributed by atoms with Gasteiger partial charge in [-0.05, 0) is 80.5 Å². The fourth-order valence-electron chi connectivity index (χ4n) is 4.57. The standard InChI is InChI=1S/C26H27N3O4/c1-16-10-17(2)12-21(11-16)28-18(3)13-22-23(14-26(4,5)15-24(22)28)27-33-25(30)19-6-8-20(9-7-19)29(31)32/h6-13H,14-15H2,1-5H3/b27-23+. The molecule has 0 amide bonds. The van der Waals surface area contributed by atoms with Gasteiger partial charge in [0, 0.05) is 34.8 Å². The summed E-state index contributed by atoms with van der Waals surface area (Å²) in [5.74, 6) is -0.646. The number of hydrogen-bond acceptors (Lipinski definition) is 5. The highest BCUT2D eigenvalue weighted by atomic mass is 16.7. The quantitative estimate of drug-likeness (QED) is 0.287. The van der Waals surface area contributed by atoms with Crippen molar-refractivity contribution in [3.05, 3.63) is 92.3 Å². The van der Waals surface area contributed by atoms with E-state index in [9.17, 15) is 14.9 Å². The number of non-ortho nitro benzene ring substituents is 1. The first-order valence-corrected chi connectivity index (χ1v) is 10.9. The summed E-state index contributed by atoms with van der Waals surface area (Å²) in [5.41, 5.74) is 7.55. The normalized spacial score (nSPS) is 15.8. The summed E-state index contributed by atoms with van der Waals surface area (Å²) in [6, 6.07) is 13.9. The van der Waals surface area contributed by atoms with Crippen molar-refractivity contribution in [2.24, 2.45) is 10.6 Å². The fraction of sp³-hybridized carbons (Fsp3) is 0.308. The predicted octanol–water partition coefficient (Wildman–Crippen LogP) is 5.84. The van der Waals surface area contributed by atoms with E-state index in [0.717, 1.165) is 34.8 Å². The lowest BCUT2D eigenvalue weighted by Gasteiger charge is -2.31. The van der Waals surface area contributed by atoms with Crippen LogP contribution in [0.2, 0.25) is 0 Å². The maximum absolute atomic E-state index is 12.5. The van der Waals surface area contributed by atoms with Crippen LogP contribution in [0.4, 0.5) is 5.69 Å². The Morgan fingerprint density at radius 3 is 2.27 bits per heavy atom. The highest BCUT2D eigenvalue weighted by molar-refractivity contribution is 6.03. The summed E-state index contributed by atoms with van der Waals surface area (Å²) >= 11 is 0. The second kappa shape index (κ2) is 8.31. The van der Waals surface area contributed by atoms with Gasteiger partial charge < -0.3 is 9.40 Å². The lowest BCUT2D eigenvalue weighted by molar-refractivity contribution is -0.384. The van der Waals surface area contributed by atoms with E-state index in [0.29, 0.717) is 6.42 Å². The second-order valence-electron chi connectivity index (χ2n) is 9.57. The zero-order valence-electron chi connectivity index (χ0n) is 19.5. The molecule has 0 saturated heterocycles. The Labute approximate surface area is 192 Å². The van der Waals surface area contributed by atoms with Gasteiger partial charge in [0.15, 0.2) is 0 Å². The number of hydrogen-bond donors (Lipinski definition) is 0. The van der Waals surface area contributed by atoms with Gasteiger partial charge in [0.1, 0.15) is 0 Å². The molecule has 4 rings (SSSR count). The van der Waals surface area contributed by atoms with Gasteiger partial charge in [-0.15, -0.1) is 0 Å². The van der Waals surface area contributed by atoms with Crippen LogP contribution >= 0.6 is 0 Å². The highest BCUT2D eigenvalue weighted by Crippen LogP contribution is 2.38. The van der Waals surface area contributed by atoms with Gasteiger partial charge in [-0.3, -0.25) is 10.1 Å². The molecular weight excluding hydrogens is 418 g/mol. The molecule has 0 radical (unpaired) electrons. The summed E-state index contributed by atoms with van der Waals surface area (Å²) < 4.78 is 2.27. The Morgan fingerprint density at radius 2 is 1.67 bits per heavy atom. The number of nitro groups is 1. The van der Waals surface area contributed by atoms with Crippen LogP contribution < -0.4 is 0 Å². The average molecular weight is 446 g/mol. The van der Waals surface area contributed by atoms with E-state index < -0.39 is 10.9 Å². The summed E-state index contributed by atoms with van der Waals surface area (Å²) in [4.78, 5) is 28.1. The minimum atomic E-state index is -0.646. The van der Waals surface area contributed by atoms with Crippen LogP contribution in [0.3, 0.4) is 0 Å². The number of nitro benzene ring substituents is 1. The molecule has 170 valence electrons. The molecule has 2 aromatic carbocycles. The van der Waals surface area contributed by atoms with Gasteiger partial charge >= 0.3 is 5.97 Å². The number of carbonyl (C=O) groups is 1. The van der Waals surface area contributed by atoms with Crippen LogP contribution in [0.25, 0.3) is 5.69 Å². The molecule has 0 N–H and O–H groups in total. The van der Waals surface area contributed by atoms with Crippen molar-refractivity contribution in [1.82, 2.24) is 4.57 Å². The van der Waals surface area contributed by atoms with Crippen molar-refractivity contribution in [1.29, 1.82) is 0 Å². The Balaban J connectivity index is 1.69. The molecule has 33 heavy (non-hydrogen) atoms. The van der Waals surface area contributed by atoms with E-state index >= 15 is 0 Å². The van der Waals surface area contributed by atoms with Crippen molar-refractivity contribution in [2.75, 3.05) is 0 Å². The molecule has 0 spiro atoms. The number of carbonyl (C=O) groups excluding carboxylic acids is 1. The Bertz CT molecular complexity index is 1260. The third-order valence-electron chi connectivity index (χ3n) is 5.91. The topological polar surface area (TPSA) is 86.7 Å². The van der Waals surface area contributed by atoms with Crippen LogP contribution in [-0.4, -0.2) is 21.2 Å². The molecule has 0 bridgehead atoms. The molecule has 0 unspecified atom stereocenters. The number of aryl methyl sites for hydroxylation is 3. The first-order chi connectivity index (χ1) is 15.5. The zero-order chi connectivity index (χ0) is 23.9. The van der Waals surface area contributed by atoms with E-state index in [1.807, 2.05) is 0 Å². The van der Waals surface area contributed by atoms with Gasteiger partial charge in [-0.2, -0.15) is 0 Å². The van der Waals surface area contributed by atoms with Gasteiger partial charge in [0.25, 0.3) is 5.69 Å². The maximum atomic E-state index is 12.5. The van der Waals surface area contributed by atoms with E-state index in [-0.39, 0.29) is 16.7 Å². The molecular formula is C26H27N3O4. The smallest absolute Gasteiger partial charge is 0.318 e. The van der Waals surface area contributed by atoms with Gasteiger partial charge in [0.2, 0.25) is 0 Å². The van der Waals surface area contributed by atoms with E-state index in [4.69, 9.17) is 4.84 Å². The SMILES string of the molecule is Cc1cc(C)cc(-n2c(C)cc3c2CC(C)(C)C/C3=N\OC(=O)c2ccc([N+](=O)[O-])cc2)c1. The molecule has 7 nitrogen and oxygen atoms in total. The summed E-state index contributed by atoms with van der Waals surface area (Å²) in [5, 5.41) is 15.1. The third-order valence-corrected chi connectivity index (χ3v) is 5.91. The van der Waals surface area contributed by atoms with Gasteiger partial charge in [0.05, 0.1) is 16.2 Å². The largest absolute Gasteiger partial charge is 0.365 e. The van der Waals surface area contributed by atoms with Crippen LogP contribution in [0.15, 0.2) is 53.7 Å². The molecule has 0 fully saturated rings. The summed E-state index contributed by atoms with van der Waals surface area (Å²) in [6.07, 6.45) is 1.54. The highest BCUT2D eigenvalue weighted by Gasteiger charge is 2.34. The lowest BCUT2D eigenvalue weighted by atomic mass is 9.76. The molecule has 1 aliphatic rings. The number of rotatable bonds is 4. The van der Waals surface area contributed by atoms with Crippen molar-refractivity contribution >= 4 is 17.4 Å². The van der Waals surface area contributed by atoms with Crippen molar-refractivity contribution in [2.45, 2.75) is 47.5 Å². The van der Waals surface area contributed by atoms with Crippen LogP contribution in [-0.2, 0) is 11.3 Å². The predicted molar refractivity (Wildman–Crippen MR) is 127 cm³/mol. The minimum absolute atomic E-state index is 0.0625. The Morgan fingerprint density at radius 1 is 1.03 bits per heavy atom. The Kier molecular flexibility index (Phi) is 5.66. The Hall–Kier alpha value is -3.74. The average Bonchev–Trinajstić information content (AvgIpc) is 3.05. The fourth-order valence-corrected chi connectivity index (χ4v) is 4.57. The molecule has 0 atom stereocenters. The first kappa shape index (κ1) is 22.5. The molecule has 3 aromatic rings. The van der Waals surface area contributed by atoms with Crippen LogP contribution in [0, 0.1) is 36.3 Å². The maximum Gasteiger partial charge on any atom is 0.365 e. The lowest BCUT2D eigenvalue weighted by Crippen LogP contribution is -2.28. The number of benzene rings is 2. The van der Waals surface area contributed by atoms with E-state index in [1.165, 1.54) is 35.4 Å². The molecule has 1 aliphatic carbocycles. The number of aromatic nitrogens is 1. The summed E-state index contributed by atoms with van der Waals surface area (Å²) in [6.45, 7) is 10.6. The number of fused-ring (bicyclic) bond motifs is 1. The van der Waals surface area contributed by atoms with Crippen molar-refractivity contribution in [3.63, 3.8) is 0 Å². The second-order valence-corrected chi connectivity index (χ2v) is 9.57. The van der Waals surface area contributed by atoms with Crippen LogP contribution in [0.5, 0.6) is 0 Å². The first-order valence-electron chi connectivity index (χ1n) is 10.9. The molecule has 0 saturated carbocycles. The molecule has 1 heterocycles. The molecule has 7 heteroatoms. The van der Waals surface area contributed by atoms with Crippen molar-refractivity contribution in [3.8, 4) is 5.69 Å². The molecule has 1 aromatic heterocycles. The van der Waals surface area contributed by atoms with Gasteiger partial charge in [-0.25, -0.2) is 4.79 Å². The van der Waals surface area contributed by atoms with Crippen molar-refractivity contribution < 1.29 is 14.6 Å². The summed E-state index contributed by atoms with van der Waals surface area (Å²) in [7, 11) is 0. The van der Waals surface area contributed by atoms with Gasteiger partial charge in [-0.1, -0.05) is 25.1 Å².